The standard InChI is InChI=1S/C10H15N5/c11-5-8-9(14-15-10(8)13)6-1-3-7(12)4-2-6/h6-7H,1-4,12H2,(H3,13,14,15). The van der Waals surface area contributed by atoms with Crippen LogP contribution in [0.1, 0.15) is 42.9 Å². The molecule has 1 saturated carbocycles. The number of hydrogen-bond donors (Lipinski definition) is 3. The summed E-state index contributed by atoms with van der Waals surface area (Å²) >= 11 is 0. The summed E-state index contributed by atoms with van der Waals surface area (Å²) < 4.78 is 0. The monoisotopic (exact) mass is 205 g/mol. The molecule has 0 radical (unpaired) electrons. The van der Waals surface area contributed by atoms with Gasteiger partial charge < -0.3 is 11.5 Å². The predicted molar refractivity (Wildman–Crippen MR) is 56.9 cm³/mol. The van der Waals surface area contributed by atoms with Gasteiger partial charge in [-0.25, -0.2) is 0 Å². The van der Waals surface area contributed by atoms with Gasteiger partial charge in [0.25, 0.3) is 0 Å². The lowest BCUT2D eigenvalue weighted by molar-refractivity contribution is 0.390. The van der Waals surface area contributed by atoms with Crippen molar-refractivity contribution >= 4 is 5.82 Å². The second-order valence-electron chi connectivity index (χ2n) is 4.12. The summed E-state index contributed by atoms with van der Waals surface area (Å²) in [6, 6.07) is 2.41. The lowest BCUT2D eigenvalue weighted by Crippen LogP contribution is -2.26. The lowest BCUT2D eigenvalue weighted by atomic mass is 9.83. The fourth-order valence-electron chi connectivity index (χ4n) is 2.19. The fraction of sp³-hybridized carbons (Fsp3) is 0.600. The van der Waals surface area contributed by atoms with Gasteiger partial charge in [-0.05, 0) is 25.7 Å². The molecule has 15 heavy (non-hydrogen) atoms. The average Bonchev–Trinajstić information content (AvgIpc) is 2.61. The molecule has 1 aliphatic rings. The Morgan fingerprint density at radius 3 is 2.60 bits per heavy atom. The van der Waals surface area contributed by atoms with E-state index in [-0.39, 0.29) is 0 Å². The summed E-state index contributed by atoms with van der Waals surface area (Å²) in [6.45, 7) is 0. The second kappa shape index (κ2) is 3.91. The van der Waals surface area contributed by atoms with Crippen molar-refractivity contribution in [2.45, 2.75) is 37.6 Å². The van der Waals surface area contributed by atoms with Gasteiger partial charge in [-0.3, -0.25) is 5.10 Å². The predicted octanol–water partition coefficient (Wildman–Crippen LogP) is 0.848. The van der Waals surface area contributed by atoms with E-state index in [0.29, 0.717) is 23.3 Å². The minimum Gasteiger partial charge on any atom is -0.381 e. The number of nitrogen functional groups attached to an aromatic ring is 1. The zero-order chi connectivity index (χ0) is 10.8. The van der Waals surface area contributed by atoms with Gasteiger partial charge in [0.05, 0.1) is 5.69 Å². The van der Waals surface area contributed by atoms with Gasteiger partial charge in [-0.2, -0.15) is 10.4 Å². The molecule has 1 aromatic rings. The first-order valence-electron chi connectivity index (χ1n) is 5.21. The van der Waals surface area contributed by atoms with Gasteiger partial charge in [0, 0.05) is 12.0 Å². The Balaban J connectivity index is 2.20. The Labute approximate surface area is 88.4 Å². The van der Waals surface area contributed by atoms with Crippen molar-refractivity contribution in [3.05, 3.63) is 11.3 Å². The molecular weight excluding hydrogens is 190 g/mol. The maximum absolute atomic E-state index is 8.96. The highest BCUT2D eigenvalue weighted by molar-refractivity contribution is 5.51. The topological polar surface area (TPSA) is 105 Å². The van der Waals surface area contributed by atoms with Crippen LogP contribution in [0, 0.1) is 11.3 Å². The molecule has 0 saturated heterocycles. The summed E-state index contributed by atoms with van der Waals surface area (Å²) in [5.74, 6) is 0.673. The first-order valence-corrected chi connectivity index (χ1v) is 5.21. The Kier molecular flexibility index (Phi) is 2.60. The van der Waals surface area contributed by atoms with E-state index in [2.05, 4.69) is 16.3 Å². The molecule has 0 atom stereocenters. The number of hydrogen-bond acceptors (Lipinski definition) is 4. The van der Waals surface area contributed by atoms with Crippen LogP contribution in [0.25, 0.3) is 0 Å². The second-order valence-corrected chi connectivity index (χ2v) is 4.12. The molecule has 0 aromatic carbocycles. The van der Waals surface area contributed by atoms with Crippen molar-refractivity contribution < 1.29 is 0 Å². The summed E-state index contributed by atoms with van der Waals surface area (Å²) in [5.41, 5.74) is 12.8. The van der Waals surface area contributed by atoms with Crippen LogP contribution in [-0.2, 0) is 0 Å². The highest BCUT2D eigenvalue weighted by Crippen LogP contribution is 2.33. The minimum absolute atomic E-state index is 0.308. The number of nitrogens with one attached hydrogen (secondary N) is 1. The molecule has 5 nitrogen and oxygen atoms in total. The molecule has 1 aliphatic carbocycles. The van der Waals surface area contributed by atoms with Crippen LogP contribution in [0.2, 0.25) is 0 Å². The molecule has 1 fully saturated rings. The smallest absolute Gasteiger partial charge is 0.163 e. The van der Waals surface area contributed by atoms with Gasteiger partial charge >= 0.3 is 0 Å². The van der Waals surface area contributed by atoms with Gasteiger partial charge in [0.15, 0.2) is 5.82 Å². The SMILES string of the molecule is N#Cc1c(N)n[nH]c1C1CCC(N)CC1. The number of anilines is 1. The van der Waals surface area contributed by atoms with Crippen LogP contribution in [-0.4, -0.2) is 16.2 Å². The van der Waals surface area contributed by atoms with Crippen LogP contribution in [0.15, 0.2) is 0 Å². The molecule has 1 heterocycles. The molecule has 0 aliphatic heterocycles. The van der Waals surface area contributed by atoms with Gasteiger partial charge in [0.2, 0.25) is 0 Å². The number of nitrogens with two attached hydrogens (primary N) is 2. The maximum atomic E-state index is 8.96. The van der Waals surface area contributed by atoms with Crippen molar-refractivity contribution in [2.75, 3.05) is 5.73 Å². The Morgan fingerprint density at radius 1 is 1.33 bits per heavy atom. The van der Waals surface area contributed by atoms with Crippen LogP contribution in [0.3, 0.4) is 0 Å². The van der Waals surface area contributed by atoms with Gasteiger partial charge in [0.1, 0.15) is 11.6 Å². The molecule has 0 amide bonds. The number of nitriles is 1. The van der Waals surface area contributed by atoms with Gasteiger partial charge in [-0.15, -0.1) is 0 Å². The number of aromatic nitrogens is 2. The van der Waals surface area contributed by atoms with Crippen molar-refractivity contribution in [3.63, 3.8) is 0 Å². The highest BCUT2D eigenvalue weighted by atomic mass is 15.2. The molecule has 2 rings (SSSR count). The normalized spacial score (nSPS) is 26.1. The summed E-state index contributed by atoms with van der Waals surface area (Å²) in [7, 11) is 0. The van der Waals surface area contributed by atoms with E-state index >= 15 is 0 Å². The summed E-state index contributed by atoms with van der Waals surface area (Å²) in [5, 5.41) is 15.7. The average molecular weight is 205 g/mol. The van der Waals surface area contributed by atoms with E-state index in [1.54, 1.807) is 0 Å². The molecule has 5 heteroatoms. The van der Waals surface area contributed by atoms with E-state index in [1.807, 2.05) is 0 Å². The van der Waals surface area contributed by atoms with E-state index < -0.39 is 0 Å². The van der Waals surface area contributed by atoms with Gasteiger partial charge in [-0.1, -0.05) is 0 Å². The zero-order valence-corrected chi connectivity index (χ0v) is 8.53. The van der Waals surface area contributed by atoms with Crippen molar-refractivity contribution in [2.24, 2.45) is 5.73 Å². The molecule has 80 valence electrons. The van der Waals surface area contributed by atoms with Crippen molar-refractivity contribution in [3.8, 4) is 6.07 Å². The number of rotatable bonds is 1. The Morgan fingerprint density at radius 2 is 2.00 bits per heavy atom. The van der Waals surface area contributed by atoms with E-state index in [4.69, 9.17) is 16.7 Å². The third-order valence-corrected chi connectivity index (χ3v) is 3.11. The van der Waals surface area contributed by atoms with E-state index in [9.17, 15) is 0 Å². The number of nitrogens with zero attached hydrogens (tertiary/aromatic N) is 2. The lowest BCUT2D eigenvalue weighted by Gasteiger charge is -2.25. The number of H-pyrrole nitrogens is 1. The Bertz CT molecular complexity index is 381. The summed E-state index contributed by atoms with van der Waals surface area (Å²) in [4.78, 5) is 0. The third-order valence-electron chi connectivity index (χ3n) is 3.11. The zero-order valence-electron chi connectivity index (χ0n) is 8.53. The van der Waals surface area contributed by atoms with Crippen LogP contribution in [0.4, 0.5) is 5.82 Å². The van der Waals surface area contributed by atoms with E-state index in [1.165, 1.54) is 0 Å². The van der Waals surface area contributed by atoms with E-state index in [0.717, 1.165) is 31.4 Å². The first-order chi connectivity index (χ1) is 7.22. The Hall–Kier alpha value is -1.54. The van der Waals surface area contributed by atoms with Crippen molar-refractivity contribution in [1.82, 2.24) is 10.2 Å². The first kappa shape index (κ1) is 9.99. The minimum atomic E-state index is 0.308. The molecule has 0 unspecified atom stereocenters. The third kappa shape index (κ3) is 1.81. The van der Waals surface area contributed by atoms with Crippen LogP contribution < -0.4 is 11.5 Å². The van der Waals surface area contributed by atoms with Crippen molar-refractivity contribution in [1.29, 1.82) is 5.26 Å². The molecule has 0 spiro atoms. The molecular formula is C10H15N5. The van der Waals surface area contributed by atoms with Crippen LogP contribution in [0.5, 0.6) is 0 Å². The largest absolute Gasteiger partial charge is 0.381 e. The highest BCUT2D eigenvalue weighted by Gasteiger charge is 2.24. The molecule has 1 aromatic heterocycles. The van der Waals surface area contributed by atoms with Crippen LogP contribution >= 0.6 is 0 Å². The fourth-order valence-corrected chi connectivity index (χ4v) is 2.19. The summed E-state index contributed by atoms with van der Waals surface area (Å²) in [6.07, 6.45) is 4.04. The quantitative estimate of drug-likeness (QED) is 0.632. The molecule has 0 bridgehead atoms. The molecule has 5 N–H and O–H groups in total. The maximum Gasteiger partial charge on any atom is 0.163 e. The number of aromatic amines is 1.